The van der Waals surface area contributed by atoms with E-state index in [-0.39, 0.29) is 23.3 Å². The second kappa shape index (κ2) is 8.84. The van der Waals surface area contributed by atoms with Crippen molar-refractivity contribution in [2.45, 2.75) is 13.3 Å². The molecule has 1 heterocycles. The lowest BCUT2D eigenvalue weighted by molar-refractivity contribution is -0.380. The third kappa shape index (κ3) is 5.44. The maximum absolute atomic E-state index is 11.6. The Bertz CT molecular complexity index is 397. The number of hydrogen-bond donors (Lipinski definition) is 2. The van der Waals surface area contributed by atoms with Crippen LogP contribution in [0, 0.1) is 10.1 Å². The number of nitrogens with zero attached hydrogens (tertiary/aromatic N) is 1. The summed E-state index contributed by atoms with van der Waals surface area (Å²) in [5.74, 6) is -0.263. The Hall–Kier alpha value is -1.18. The second-order valence-electron chi connectivity index (χ2n) is 3.40. The van der Waals surface area contributed by atoms with Crippen molar-refractivity contribution < 1.29 is 9.72 Å². The first kappa shape index (κ1) is 16.8. The Morgan fingerprint density at radius 1 is 1.39 bits per heavy atom. The highest BCUT2D eigenvalue weighted by Gasteiger charge is 2.14. The van der Waals surface area contributed by atoms with Crippen molar-refractivity contribution in [3.05, 3.63) is 27.1 Å². The molecule has 1 aromatic heterocycles. The van der Waals surface area contributed by atoms with E-state index < -0.39 is 4.92 Å². The van der Waals surface area contributed by atoms with Crippen LogP contribution in [0.2, 0.25) is 0 Å². The molecule has 0 aliphatic heterocycles. The van der Waals surface area contributed by atoms with Gasteiger partial charge in [-0.15, -0.1) is 12.4 Å². The highest BCUT2D eigenvalue weighted by Crippen LogP contribution is 2.23. The van der Waals surface area contributed by atoms with Gasteiger partial charge in [0.15, 0.2) is 0 Å². The molecule has 0 aromatic carbocycles. The van der Waals surface area contributed by atoms with Gasteiger partial charge in [-0.1, -0.05) is 18.3 Å². The van der Waals surface area contributed by atoms with Gasteiger partial charge in [0.05, 0.1) is 9.80 Å². The third-order valence-electron chi connectivity index (χ3n) is 2.01. The standard InChI is InChI=1S/C10H15N3O3S.ClH/c1-2-5-11-6-7-12-10(14)8-3-4-9(17-8)13(15)16;/h3-4,11H,2,5-7H2,1H3,(H,12,14);1H. The molecule has 102 valence electrons. The maximum Gasteiger partial charge on any atom is 0.324 e. The number of hydrogen-bond acceptors (Lipinski definition) is 5. The Morgan fingerprint density at radius 2 is 2.11 bits per heavy atom. The molecule has 18 heavy (non-hydrogen) atoms. The third-order valence-corrected chi connectivity index (χ3v) is 3.05. The van der Waals surface area contributed by atoms with Crippen LogP contribution in [0.1, 0.15) is 23.0 Å². The summed E-state index contributed by atoms with van der Waals surface area (Å²) in [5.41, 5.74) is 0. The molecule has 1 rings (SSSR count). The van der Waals surface area contributed by atoms with Gasteiger partial charge in [-0.2, -0.15) is 0 Å². The molecule has 0 saturated carbocycles. The topological polar surface area (TPSA) is 84.3 Å². The van der Waals surface area contributed by atoms with Crippen LogP contribution in [0.5, 0.6) is 0 Å². The summed E-state index contributed by atoms with van der Waals surface area (Å²) < 4.78 is 0. The lowest BCUT2D eigenvalue weighted by Gasteiger charge is -2.04. The smallest absolute Gasteiger partial charge is 0.324 e. The Kier molecular flexibility index (Phi) is 8.27. The number of carbonyl (C=O) groups is 1. The number of halogens is 1. The minimum absolute atomic E-state index is 0. The fourth-order valence-corrected chi connectivity index (χ4v) is 1.94. The van der Waals surface area contributed by atoms with Crippen LogP contribution in [-0.2, 0) is 0 Å². The van der Waals surface area contributed by atoms with Crippen molar-refractivity contribution in [3.8, 4) is 0 Å². The van der Waals surface area contributed by atoms with Crippen molar-refractivity contribution in [3.63, 3.8) is 0 Å². The lowest BCUT2D eigenvalue weighted by atomic mass is 10.4. The summed E-state index contributed by atoms with van der Waals surface area (Å²) in [6.07, 6.45) is 1.05. The molecule has 0 fully saturated rings. The van der Waals surface area contributed by atoms with Crippen molar-refractivity contribution in [2.24, 2.45) is 0 Å². The zero-order valence-electron chi connectivity index (χ0n) is 9.97. The van der Waals surface area contributed by atoms with E-state index in [1.54, 1.807) is 0 Å². The van der Waals surface area contributed by atoms with E-state index in [0.717, 1.165) is 24.3 Å². The quantitative estimate of drug-likeness (QED) is 0.456. The molecule has 0 bridgehead atoms. The first-order valence-electron chi connectivity index (χ1n) is 5.38. The molecule has 1 amide bonds. The molecule has 1 aromatic rings. The molecule has 0 unspecified atom stereocenters. The van der Waals surface area contributed by atoms with Gasteiger partial charge in [0, 0.05) is 19.2 Å². The predicted octanol–water partition coefficient (Wildman–Crippen LogP) is 1.81. The molecule has 6 nitrogen and oxygen atoms in total. The molecule has 0 aliphatic carbocycles. The van der Waals surface area contributed by atoms with Gasteiger partial charge < -0.3 is 10.6 Å². The molecule has 0 aliphatic rings. The normalized spacial score (nSPS) is 9.61. The number of rotatable bonds is 7. The van der Waals surface area contributed by atoms with E-state index in [4.69, 9.17) is 0 Å². The minimum Gasteiger partial charge on any atom is -0.350 e. The van der Waals surface area contributed by atoms with Crippen molar-refractivity contribution in [1.82, 2.24) is 10.6 Å². The molecular formula is C10H16ClN3O3S. The van der Waals surface area contributed by atoms with Gasteiger partial charge in [-0.05, 0) is 19.0 Å². The minimum atomic E-state index is -0.496. The van der Waals surface area contributed by atoms with Crippen LogP contribution in [0.3, 0.4) is 0 Å². The molecule has 0 saturated heterocycles. The van der Waals surface area contributed by atoms with Gasteiger partial charge in [-0.3, -0.25) is 14.9 Å². The number of thiophene rings is 1. The van der Waals surface area contributed by atoms with Crippen LogP contribution in [0.25, 0.3) is 0 Å². The van der Waals surface area contributed by atoms with Crippen LogP contribution >= 0.6 is 23.7 Å². The predicted molar refractivity (Wildman–Crippen MR) is 73.7 cm³/mol. The van der Waals surface area contributed by atoms with Crippen LogP contribution < -0.4 is 10.6 Å². The SMILES string of the molecule is CCCNCCNC(=O)c1ccc([N+](=O)[O-])s1.Cl. The lowest BCUT2D eigenvalue weighted by Crippen LogP contribution is -2.31. The molecular weight excluding hydrogens is 278 g/mol. The van der Waals surface area contributed by atoms with Crippen molar-refractivity contribution in [2.75, 3.05) is 19.6 Å². The van der Waals surface area contributed by atoms with Gasteiger partial charge in [0.1, 0.15) is 0 Å². The van der Waals surface area contributed by atoms with Gasteiger partial charge in [0.25, 0.3) is 5.91 Å². The van der Waals surface area contributed by atoms with E-state index >= 15 is 0 Å². The molecule has 8 heteroatoms. The molecule has 0 radical (unpaired) electrons. The zero-order chi connectivity index (χ0) is 12.7. The Morgan fingerprint density at radius 3 is 2.67 bits per heavy atom. The summed E-state index contributed by atoms with van der Waals surface area (Å²) in [6.45, 7) is 4.20. The number of nitro groups is 1. The monoisotopic (exact) mass is 293 g/mol. The largest absolute Gasteiger partial charge is 0.350 e. The van der Waals surface area contributed by atoms with Gasteiger partial charge in [0.2, 0.25) is 0 Å². The van der Waals surface area contributed by atoms with E-state index in [1.165, 1.54) is 12.1 Å². The first-order chi connectivity index (χ1) is 8.15. The number of nitrogens with one attached hydrogen (secondary N) is 2. The fourth-order valence-electron chi connectivity index (χ4n) is 1.20. The van der Waals surface area contributed by atoms with E-state index in [9.17, 15) is 14.9 Å². The first-order valence-corrected chi connectivity index (χ1v) is 6.20. The average Bonchev–Trinajstić information content (AvgIpc) is 2.78. The Balaban J connectivity index is 0.00000289. The second-order valence-corrected chi connectivity index (χ2v) is 4.46. The molecule has 0 spiro atoms. The summed E-state index contributed by atoms with van der Waals surface area (Å²) in [4.78, 5) is 21.9. The molecule has 0 atom stereocenters. The van der Waals surface area contributed by atoms with Crippen LogP contribution in [-0.4, -0.2) is 30.5 Å². The summed E-state index contributed by atoms with van der Waals surface area (Å²) >= 11 is 0.886. The summed E-state index contributed by atoms with van der Waals surface area (Å²) in [7, 11) is 0. The maximum atomic E-state index is 11.6. The van der Waals surface area contributed by atoms with Crippen LogP contribution in [0.15, 0.2) is 12.1 Å². The molecule has 2 N–H and O–H groups in total. The average molecular weight is 294 g/mol. The highest BCUT2D eigenvalue weighted by atomic mass is 35.5. The Labute approximate surface area is 115 Å². The number of carbonyl (C=O) groups excluding carboxylic acids is 1. The summed E-state index contributed by atoms with van der Waals surface area (Å²) in [5, 5.41) is 16.3. The van der Waals surface area contributed by atoms with Crippen molar-refractivity contribution in [1.29, 1.82) is 0 Å². The van der Waals surface area contributed by atoms with E-state index in [1.807, 2.05) is 0 Å². The van der Waals surface area contributed by atoms with Crippen LogP contribution in [0.4, 0.5) is 5.00 Å². The number of amides is 1. The van der Waals surface area contributed by atoms with Gasteiger partial charge >= 0.3 is 5.00 Å². The summed E-state index contributed by atoms with van der Waals surface area (Å²) in [6, 6.07) is 2.81. The fraction of sp³-hybridized carbons (Fsp3) is 0.500. The van der Waals surface area contributed by atoms with E-state index in [2.05, 4.69) is 17.6 Å². The highest BCUT2D eigenvalue weighted by molar-refractivity contribution is 7.17. The van der Waals surface area contributed by atoms with E-state index in [0.29, 0.717) is 18.0 Å². The van der Waals surface area contributed by atoms with Crippen molar-refractivity contribution >= 4 is 34.7 Å². The zero-order valence-corrected chi connectivity index (χ0v) is 11.6. The van der Waals surface area contributed by atoms with Gasteiger partial charge in [-0.25, -0.2) is 0 Å².